The van der Waals surface area contributed by atoms with Crippen LogP contribution in [-0.4, -0.2) is 0 Å². The fourth-order valence-electron chi connectivity index (χ4n) is 6.54. The predicted molar refractivity (Wildman–Crippen MR) is 218 cm³/mol. The van der Waals surface area contributed by atoms with Crippen LogP contribution in [0.1, 0.15) is 41.1 Å². The number of furan rings is 1. The highest BCUT2D eigenvalue weighted by Crippen LogP contribution is 2.49. The first-order valence-electron chi connectivity index (χ1n) is 30.2. The lowest BCUT2D eigenvalue weighted by Gasteiger charge is -2.21. The van der Waals surface area contributed by atoms with E-state index in [9.17, 15) is 15.1 Å². The fraction of sp³-hybridized carbons (Fsp3) is 0. The molecule has 0 radical (unpaired) electrons. The minimum absolute atomic E-state index is 0.410. The standard InChI is InChI=1S/C50H30O/c1-4-16-35-31(12-1)15-11-23-39(35)47-40-19-7-9-21-42(40)50(43-22-10-8-20-41(43)47)49-37-18-6-3-13-32(37)24-27-38(49)34-25-28-44-46(30-34)51-45-29-26-33-14-2-5-17-36(33)48(44)45/h1-30H/i1D,2D,3D,4D,5D,6D,7D,8D,9D,10D,11D,12D,13D,14D,15D,16D,17D,18D,19D,20D,21D,22D,23D,24D,25D,26D,27D,28D,29D,30D. The summed E-state index contributed by atoms with van der Waals surface area (Å²) < 4.78 is 281. The Morgan fingerprint density at radius 1 is 0.314 bits per heavy atom. The highest BCUT2D eigenvalue weighted by molar-refractivity contribution is 6.27. The number of benzene rings is 10. The molecule has 1 aromatic heterocycles. The van der Waals surface area contributed by atoms with Gasteiger partial charge in [-0.15, -0.1) is 0 Å². The van der Waals surface area contributed by atoms with Crippen LogP contribution < -0.4 is 0 Å². The Hall–Kier alpha value is -6.70. The molecule has 0 aliphatic heterocycles. The minimum atomic E-state index is -1.12. The summed E-state index contributed by atoms with van der Waals surface area (Å²) in [5, 5.41) is -8.21. The fourth-order valence-corrected chi connectivity index (χ4v) is 6.54. The lowest BCUT2D eigenvalue weighted by molar-refractivity contribution is 0.669. The molecule has 0 amide bonds. The van der Waals surface area contributed by atoms with E-state index >= 15 is 0 Å². The van der Waals surface area contributed by atoms with E-state index < -0.39 is 290 Å². The van der Waals surface area contributed by atoms with Crippen molar-refractivity contribution >= 4 is 75.8 Å². The number of fused-ring (bicyclic) bond motifs is 9. The Balaban J connectivity index is 1.50. The summed E-state index contributed by atoms with van der Waals surface area (Å²) in [6.07, 6.45) is 0. The van der Waals surface area contributed by atoms with Gasteiger partial charge in [-0.2, -0.15) is 0 Å². The van der Waals surface area contributed by atoms with Crippen LogP contribution in [0.3, 0.4) is 0 Å². The quantitative estimate of drug-likeness (QED) is 0.170. The first kappa shape index (κ1) is 11.7. The van der Waals surface area contributed by atoms with Gasteiger partial charge in [0.2, 0.25) is 0 Å². The predicted octanol–water partition coefficient (Wildman–Crippen LogP) is 14.4. The zero-order valence-corrected chi connectivity index (χ0v) is 25.4. The Morgan fingerprint density at radius 2 is 0.843 bits per heavy atom. The molecule has 236 valence electrons. The SMILES string of the molecule is [2H]c1c([2H])c([2H])c2c(-c3c4c([2H])c([2H])c([2H])c([2H])c4c(-c4c(-c5c([2H])c([2H])c6c(oc7c([2H])c([2H])c8c([2H])c([2H])c([2H])c([2H])c8c76)c5[2H])c([2H])c([2H])c5c([2H])c([2H])c([2H])c([2H])c45)c4c([2H])c([2H])c([2H])c([2H])c34)c([2H])c([2H])c([2H])c2c1[2H]. The highest BCUT2D eigenvalue weighted by Gasteiger charge is 2.22. The second kappa shape index (κ2) is 10.9. The van der Waals surface area contributed by atoms with Crippen molar-refractivity contribution in [2.24, 2.45) is 0 Å². The van der Waals surface area contributed by atoms with Gasteiger partial charge in [0.05, 0.1) is 41.1 Å². The van der Waals surface area contributed by atoms with E-state index in [4.69, 9.17) is 30.5 Å². The normalized spacial score (nSPS) is 20.2. The van der Waals surface area contributed by atoms with E-state index in [2.05, 4.69) is 0 Å². The van der Waals surface area contributed by atoms with Gasteiger partial charge < -0.3 is 4.42 Å². The van der Waals surface area contributed by atoms with Crippen molar-refractivity contribution in [2.45, 2.75) is 0 Å². The molecule has 11 aromatic rings. The molecular formula is C50H30O. The summed E-state index contributed by atoms with van der Waals surface area (Å²) in [6, 6.07) is -29.2. The van der Waals surface area contributed by atoms with E-state index in [0.29, 0.717) is 0 Å². The lowest BCUT2D eigenvalue weighted by Crippen LogP contribution is -1.94. The molecule has 0 aliphatic carbocycles. The highest BCUT2D eigenvalue weighted by atomic mass is 16.3. The molecule has 1 nitrogen and oxygen atoms in total. The molecule has 0 bridgehead atoms. The number of hydrogen-bond acceptors (Lipinski definition) is 1. The smallest absolute Gasteiger partial charge is 0.136 e. The summed E-state index contributed by atoms with van der Waals surface area (Å²) in [5.41, 5.74) is -6.48. The first-order chi connectivity index (χ1) is 37.8. The van der Waals surface area contributed by atoms with Gasteiger partial charge in [0.25, 0.3) is 0 Å². The summed E-state index contributed by atoms with van der Waals surface area (Å²) in [7, 11) is 0. The summed E-state index contributed by atoms with van der Waals surface area (Å²) in [4.78, 5) is 0. The average molecular weight is 677 g/mol. The van der Waals surface area contributed by atoms with Gasteiger partial charge in [0, 0.05) is 10.8 Å². The van der Waals surface area contributed by atoms with Crippen LogP contribution in [0.5, 0.6) is 0 Å². The largest absolute Gasteiger partial charge is 0.456 e. The zero-order chi connectivity index (χ0) is 59.6. The third-order valence-corrected chi connectivity index (χ3v) is 8.64. The molecule has 1 heterocycles. The van der Waals surface area contributed by atoms with Crippen molar-refractivity contribution < 1.29 is 45.5 Å². The van der Waals surface area contributed by atoms with Crippen LogP contribution in [0.2, 0.25) is 0 Å². The van der Waals surface area contributed by atoms with Crippen LogP contribution in [-0.2, 0) is 0 Å². The van der Waals surface area contributed by atoms with E-state index in [1.54, 1.807) is 0 Å². The molecule has 0 unspecified atom stereocenters. The van der Waals surface area contributed by atoms with Crippen LogP contribution in [0.4, 0.5) is 0 Å². The van der Waals surface area contributed by atoms with Gasteiger partial charge in [-0.1, -0.05) is 163 Å². The van der Waals surface area contributed by atoms with E-state index in [-0.39, 0.29) is 0 Å². The second-order valence-electron chi connectivity index (χ2n) is 11.3. The Morgan fingerprint density at radius 3 is 1.55 bits per heavy atom. The van der Waals surface area contributed by atoms with Crippen molar-refractivity contribution in [1.29, 1.82) is 0 Å². The second-order valence-corrected chi connectivity index (χ2v) is 11.3. The van der Waals surface area contributed by atoms with Gasteiger partial charge in [-0.05, 0) is 105 Å². The maximum Gasteiger partial charge on any atom is 0.136 e. The van der Waals surface area contributed by atoms with Gasteiger partial charge in [-0.3, -0.25) is 0 Å². The van der Waals surface area contributed by atoms with Gasteiger partial charge in [-0.25, -0.2) is 0 Å². The van der Waals surface area contributed by atoms with E-state index in [1.807, 2.05) is 0 Å². The third-order valence-electron chi connectivity index (χ3n) is 8.64. The zero-order valence-electron chi connectivity index (χ0n) is 55.4. The molecule has 1 heteroatoms. The molecule has 0 atom stereocenters. The molecular weight excluding hydrogens is 617 g/mol. The molecule has 0 spiro atoms. The average Bonchev–Trinajstić information content (AvgIpc) is 2.13. The van der Waals surface area contributed by atoms with Gasteiger partial charge >= 0.3 is 0 Å². The summed E-state index contributed by atoms with van der Waals surface area (Å²) in [6.45, 7) is 0. The van der Waals surface area contributed by atoms with Crippen molar-refractivity contribution in [2.75, 3.05) is 0 Å². The Bertz CT molecular complexity index is 4840. The van der Waals surface area contributed by atoms with Gasteiger partial charge in [0.1, 0.15) is 11.2 Å². The monoisotopic (exact) mass is 676 g/mol. The molecule has 11 rings (SSSR count). The van der Waals surface area contributed by atoms with Crippen LogP contribution >= 0.6 is 0 Å². The lowest BCUT2D eigenvalue weighted by atomic mass is 9.81. The molecule has 0 saturated carbocycles. The topological polar surface area (TPSA) is 13.1 Å². The van der Waals surface area contributed by atoms with Crippen LogP contribution in [0, 0.1) is 0 Å². The summed E-state index contributed by atoms with van der Waals surface area (Å²) in [5.74, 6) is 0. The molecule has 10 aromatic carbocycles. The Kier molecular flexibility index (Phi) is 2.50. The third kappa shape index (κ3) is 4.16. The van der Waals surface area contributed by atoms with Crippen LogP contribution in [0.25, 0.3) is 109 Å². The van der Waals surface area contributed by atoms with Crippen molar-refractivity contribution in [3.8, 4) is 33.4 Å². The maximum absolute atomic E-state index is 9.90. The van der Waals surface area contributed by atoms with Gasteiger partial charge in [0.15, 0.2) is 0 Å². The van der Waals surface area contributed by atoms with Crippen molar-refractivity contribution in [3.63, 3.8) is 0 Å². The first-order valence-corrected chi connectivity index (χ1v) is 15.2. The van der Waals surface area contributed by atoms with E-state index in [0.717, 1.165) is 0 Å². The molecule has 0 fully saturated rings. The Labute approximate surface area is 336 Å². The molecule has 51 heavy (non-hydrogen) atoms. The minimum Gasteiger partial charge on any atom is -0.456 e. The van der Waals surface area contributed by atoms with Crippen LogP contribution in [0.15, 0.2) is 186 Å². The number of hydrogen-bond donors (Lipinski definition) is 0. The molecule has 0 aliphatic rings. The van der Waals surface area contributed by atoms with E-state index in [1.165, 1.54) is 0 Å². The van der Waals surface area contributed by atoms with Crippen molar-refractivity contribution in [3.05, 3.63) is 181 Å². The van der Waals surface area contributed by atoms with Crippen molar-refractivity contribution in [1.82, 2.24) is 0 Å². The molecule has 0 N–H and O–H groups in total. The molecule has 0 saturated heterocycles. The summed E-state index contributed by atoms with van der Waals surface area (Å²) >= 11 is 0. The maximum atomic E-state index is 9.90. The number of rotatable bonds is 3.